The van der Waals surface area contributed by atoms with Gasteiger partial charge in [-0.05, 0) is 30.7 Å². The highest BCUT2D eigenvalue weighted by molar-refractivity contribution is 5.33. The number of hydrogen-bond acceptors (Lipinski definition) is 2. The van der Waals surface area contributed by atoms with E-state index in [-0.39, 0.29) is 0 Å². The third kappa shape index (κ3) is 3.42. The molecule has 2 unspecified atom stereocenters. The minimum absolute atomic E-state index is 0.301. The Morgan fingerprint density at radius 1 is 1.20 bits per heavy atom. The lowest BCUT2D eigenvalue weighted by Gasteiger charge is -2.30. The first-order valence-corrected chi connectivity index (χ1v) is 8.28. The van der Waals surface area contributed by atoms with Gasteiger partial charge in [0.15, 0.2) is 0 Å². The average molecular weight is 274 g/mol. The Morgan fingerprint density at radius 2 is 1.90 bits per heavy atom. The average Bonchev–Trinajstić information content (AvgIpc) is 3.30. The first kappa shape index (κ1) is 15.5. The van der Waals surface area contributed by atoms with E-state index in [1.165, 1.54) is 50.5 Å². The summed E-state index contributed by atoms with van der Waals surface area (Å²) in [5.41, 5.74) is 4.91. The fourth-order valence-electron chi connectivity index (χ4n) is 3.51. The van der Waals surface area contributed by atoms with Crippen LogP contribution in [0.2, 0.25) is 0 Å². The molecule has 3 N–H and O–H groups in total. The van der Waals surface area contributed by atoms with Crippen molar-refractivity contribution in [2.24, 2.45) is 11.8 Å². The molecule has 0 radical (unpaired) electrons. The van der Waals surface area contributed by atoms with Crippen molar-refractivity contribution < 1.29 is 0 Å². The van der Waals surface area contributed by atoms with Crippen molar-refractivity contribution in [1.82, 2.24) is 5.43 Å². The molecule has 0 heterocycles. The van der Waals surface area contributed by atoms with Crippen LogP contribution in [0.5, 0.6) is 0 Å². The molecule has 1 fully saturated rings. The van der Waals surface area contributed by atoms with E-state index in [0.717, 1.165) is 5.92 Å². The topological polar surface area (TPSA) is 38.0 Å². The standard InChI is InChI=1S/C18H30N2/c1-3-5-9-15(4-2)14-17(20-19)18(12-13-18)16-10-7-6-8-11-16/h6-8,10-11,15,17,20H,3-5,9,12-14,19H2,1-2H3. The number of hydrazine groups is 1. The highest BCUT2D eigenvalue weighted by atomic mass is 15.2. The Kier molecular flexibility index (Phi) is 5.62. The van der Waals surface area contributed by atoms with Gasteiger partial charge in [-0.25, -0.2) is 0 Å². The lowest BCUT2D eigenvalue weighted by molar-refractivity contribution is 0.308. The van der Waals surface area contributed by atoms with Gasteiger partial charge < -0.3 is 0 Å². The number of benzene rings is 1. The lowest BCUT2D eigenvalue weighted by atomic mass is 9.81. The molecular weight excluding hydrogens is 244 g/mol. The molecule has 2 heteroatoms. The van der Waals surface area contributed by atoms with Crippen LogP contribution < -0.4 is 11.3 Å². The first-order chi connectivity index (χ1) is 9.76. The van der Waals surface area contributed by atoms with E-state index < -0.39 is 0 Å². The number of unbranched alkanes of at least 4 members (excludes halogenated alkanes) is 1. The second kappa shape index (κ2) is 7.24. The summed E-state index contributed by atoms with van der Waals surface area (Å²) in [5, 5.41) is 0. The van der Waals surface area contributed by atoms with E-state index in [0.29, 0.717) is 11.5 Å². The smallest absolute Gasteiger partial charge is 0.0310 e. The van der Waals surface area contributed by atoms with Crippen molar-refractivity contribution in [3.8, 4) is 0 Å². The fourth-order valence-corrected chi connectivity index (χ4v) is 3.51. The number of rotatable bonds is 9. The Bertz CT molecular complexity index is 384. The molecule has 0 aliphatic heterocycles. The summed E-state index contributed by atoms with van der Waals surface area (Å²) in [4.78, 5) is 0. The summed E-state index contributed by atoms with van der Waals surface area (Å²) < 4.78 is 0. The minimum atomic E-state index is 0.301. The Hall–Kier alpha value is -0.860. The van der Waals surface area contributed by atoms with Gasteiger partial charge >= 0.3 is 0 Å². The molecule has 1 saturated carbocycles. The van der Waals surface area contributed by atoms with Gasteiger partial charge in [0.1, 0.15) is 0 Å². The highest BCUT2D eigenvalue weighted by Crippen LogP contribution is 2.52. The molecule has 2 nitrogen and oxygen atoms in total. The molecule has 2 rings (SSSR count). The summed E-state index contributed by atoms with van der Waals surface area (Å²) in [6.07, 6.45) is 9.00. The summed E-state index contributed by atoms with van der Waals surface area (Å²) in [6.45, 7) is 4.59. The summed E-state index contributed by atoms with van der Waals surface area (Å²) in [5.74, 6) is 6.72. The molecule has 1 aromatic rings. The van der Waals surface area contributed by atoms with Crippen molar-refractivity contribution >= 4 is 0 Å². The Balaban J connectivity index is 2.04. The van der Waals surface area contributed by atoms with Crippen LogP contribution in [0.3, 0.4) is 0 Å². The molecule has 0 aromatic heterocycles. The zero-order valence-corrected chi connectivity index (χ0v) is 13.1. The van der Waals surface area contributed by atoms with E-state index in [1.807, 2.05) is 0 Å². The Morgan fingerprint density at radius 3 is 2.40 bits per heavy atom. The quantitative estimate of drug-likeness (QED) is 0.524. The van der Waals surface area contributed by atoms with Gasteiger partial charge in [0.05, 0.1) is 0 Å². The normalized spacial score (nSPS) is 19.6. The summed E-state index contributed by atoms with van der Waals surface area (Å²) in [7, 11) is 0. The van der Waals surface area contributed by atoms with Crippen molar-refractivity contribution in [2.45, 2.75) is 70.3 Å². The lowest BCUT2D eigenvalue weighted by Crippen LogP contribution is -2.45. The molecule has 1 aliphatic rings. The predicted molar refractivity (Wildman–Crippen MR) is 86.4 cm³/mol. The monoisotopic (exact) mass is 274 g/mol. The molecule has 1 aliphatic carbocycles. The van der Waals surface area contributed by atoms with E-state index in [2.05, 4.69) is 49.6 Å². The van der Waals surface area contributed by atoms with Crippen molar-refractivity contribution in [2.75, 3.05) is 0 Å². The van der Waals surface area contributed by atoms with Gasteiger partial charge in [0.25, 0.3) is 0 Å². The number of nitrogens with two attached hydrogens (primary N) is 1. The van der Waals surface area contributed by atoms with Crippen LogP contribution in [0.15, 0.2) is 30.3 Å². The molecule has 0 saturated heterocycles. The SMILES string of the molecule is CCCCC(CC)CC(NN)C1(c2ccccc2)CC1. The fraction of sp³-hybridized carbons (Fsp3) is 0.667. The van der Waals surface area contributed by atoms with Crippen LogP contribution in [0.25, 0.3) is 0 Å². The van der Waals surface area contributed by atoms with E-state index in [1.54, 1.807) is 0 Å². The van der Waals surface area contributed by atoms with Crippen molar-refractivity contribution in [1.29, 1.82) is 0 Å². The number of nitrogens with one attached hydrogen (secondary N) is 1. The maximum absolute atomic E-state index is 5.92. The van der Waals surface area contributed by atoms with E-state index in [4.69, 9.17) is 5.84 Å². The first-order valence-electron chi connectivity index (χ1n) is 8.28. The molecule has 0 spiro atoms. The summed E-state index contributed by atoms with van der Waals surface area (Å²) in [6, 6.07) is 11.4. The van der Waals surface area contributed by atoms with Crippen molar-refractivity contribution in [3.63, 3.8) is 0 Å². The predicted octanol–water partition coefficient (Wildman–Crippen LogP) is 4.16. The molecule has 0 amide bonds. The molecule has 0 bridgehead atoms. The molecule has 112 valence electrons. The maximum atomic E-state index is 5.92. The molecule has 1 aromatic carbocycles. The molecular formula is C18H30N2. The number of hydrogen-bond donors (Lipinski definition) is 2. The largest absolute Gasteiger partial charge is 0.271 e. The van der Waals surface area contributed by atoms with Crippen LogP contribution in [0, 0.1) is 5.92 Å². The van der Waals surface area contributed by atoms with Gasteiger partial charge in [-0.1, -0.05) is 69.9 Å². The zero-order valence-electron chi connectivity index (χ0n) is 13.1. The van der Waals surface area contributed by atoms with Gasteiger partial charge in [0, 0.05) is 11.5 Å². The highest BCUT2D eigenvalue weighted by Gasteiger charge is 2.50. The van der Waals surface area contributed by atoms with Crippen LogP contribution in [0.1, 0.15) is 64.4 Å². The van der Waals surface area contributed by atoms with Gasteiger partial charge in [-0.2, -0.15) is 0 Å². The van der Waals surface area contributed by atoms with E-state index in [9.17, 15) is 0 Å². The van der Waals surface area contributed by atoms with Crippen molar-refractivity contribution in [3.05, 3.63) is 35.9 Å². The van der Waals surface area contributed by atoms with Gasteiger partial charge in [-0.3, -0.25) is 11.3 Å². The molecule has 20 heavy (non-hydrogen) atoms. The third-order valence-corrected chi connectivity index (χ3v) is 5.12. The second-order valence-electron chi connectivity index (χ2n) is 6.39. The van der Waals surface area contributed by atoms with Crippen LogP contribution >= 0.6 is 0 Å². The van der Waals surface area contributed by atoms with Gasteiger partial charge in [-0.15, -0.1) is 0 Å². The minimum Gasteiger partial charge on any atom is -0.271 e. The third-order valence-electron chi connectivity index (χ3n) is 5.12. The van der Waals surface area contributed by atoms with Crippen LogP contribution in [-0.4, -0.2) is 6.04 Å². The molecule has 2 atom stereocenters. The summed E-state index contributed by atoms with van der Waals surface area (Å²) >= 11 is 0. The Labute approximate surface area is 124 Å². The second-order valence-corrected chi connectivity index (χ2v) is 6.39. The van der Waals surface area contributed by atoms with Crippen LogP contribution in [0.4, 0.5) is 0 Å². The maximum Gasteiger partial charge on any atom is 0.0310 e. The van der Waals surface area contributed by atoms with Gasteiger partial charge in [0.2, 0.25) is 0 Å². The van der Waals surface area contributed by atoms with E-state index >= 15 is 0 Å². The zero-order chi connectivity index (χ0) is 14.4. The van der Waals surface area contributed by atoms with Crippen LogP contribution in [-0.2, 0) is 5.41 Å².